The maximum absolute atomic E-state index is 12.9. The van der Waals surface area contributed by atoms with Crippen LogP contribution in [0, 0.1) is 35.5 Å². The molecule has 1 heterocycles. The Morgan fingerprint density at radius 3 is 2.19 bits per heavy atom. The largest absolute Gasteiger partial charge is 0.493 e. The molecule has 6 nitrogen and oxygen atoms in total. The third-order valence-corrected chi connectivity index (χ3v) is 6.33. The quantitative estimate of drug-likeness (QED) is 0.356. The van der Waals surface area contributed by atoms with E-state index in [1.807, 2.05) is 0 Å². The Morgan fingerprint density at radius 1 is 1.04 bits per heavy atom. The Labute approximate surface area is 150 Å². The molecule has 0 radical (unpaired) electrons. The van der Waals surface area contributed by atoms with Gasteiger partial charge in [0.25, 0.3) is 0 Å². The van der Waals surface area contributed by atoms with Crippen LogP contribution in [0.15, 0.2) is 36.4 Å². The van der Waals surface area contributed by atoms with Crippen molar-refractivity contribution in [2.75, 3.05) is 13.7 Å². The van der Waals surface area contributed by atoms with Gasteiger partial charge in [-0.1, -0.05) is 24.3 Å². The molecule has 2 saturated carbocycles. The average molecular weight is 353 g/mol. The van der Waals surface area contributed by atoms with Crippen molar-refractivity contribution in [1.82, 2.24) is 4.90 Å². The van der Waals surface area contributed by atoms with E-state index in [1.54, 1.807) is 24.3 Å². The van der Waals surface area contributed by atoms with Crippen LogP contribution in [0.25, 0.3) is 0 Å². The molecule has 134 valence electrons. The SMILES string of the molecule is COc1ccccc1OC(=O)CN1C(=O)[C@@H]2[C@H]3C=C[C@@H]([C@@H]4C[C@@H]34)[C@H]2C1=O. The van der Waals surface area contributed by atoms with Crippen molar-refractivity contribution < 1.29 is 23.9 Å². The lowest BCUT2D eigenvalue weighted by atomic mass is 9.63. The van der Waals surface area contributed by atoms with Gasteiger partial charge in [-0.05, 0) is 42.2 Å². The van der Waals surface area contributed by atoms with Gasteiger partial charge in [-0.25, -0.2) is 4.79 Å². The summed E-state index contributed by atoms with van der Waals surface area (Å²) in [6.45, 7) is -0.350. The highest BCUT2D eigenvalue weighted by molar-refractivity contribution is 6.08. The van der Waals surface area contributed by atoms with Crippen LogP contribution in [0.2, 0.25) is 0 Å². The number of benzene rings is 1. The van der Waals surface area contributed by atoms with Gasteiger partial charge >= 0.3 is 5.97 Å². The number of ether oxygens (including phenoxy) is 2. The normalized spacial score (nSPS) is 36.0. The molecule has 6 heteroatoms. The number of esters is 1. The first-order valence-electron chi connectivity index (χ1n) is 8.97. The fourth-order valence-electron chi connectivity index (χ4n) is 5.16. The fraction of sp³-hybridized carbons (Fsp3) is 0.450. The summed E-state index contributed by atoms with van der Waals surface area (Å²) in [6, 6.07) is 6.78. The molecule has 2 amide bonds. The summed E-state index contributed by atoms with van der Waals surface area (Å²) in [5.41, 5.74) is 0. The number of allylic oxidation sites excluding steroid dienone is 2. The molecule has 0 aromatic heterocycles. The Bertz CT molecular complexity index is 810. The van der Waals surface area contributed by atoms with E-state index in [4.69, 9.17) is 9.47 Å². The minimum absolute atomic E-state index is 0.154. The number of amides is 2. The zero-order valence-corrected chi connectivity index (χ0v) is 14.3. The molecule has 0 N–H and O–H groups in total. The summed E-state index contributed by atoms with van der Waals surface area (Å²) in [5, 5.41) is 0. The molecule has 2 bridgehead atoms. The summed E-state index contributed by atoms with van der Waals surface area (Å²) in [6.07, 6.45) is 5.34. The van der Waals surface area contributed by atoms with Gasteiger partial charge in [0, 0.05) is 0 Å². The van der Waals surface area contributed by atoms with Gasteiger partial charge in [-0.2, -0.15) is 0 Å². The van der Waals surface area contributed by atoms with E-state index in [0.29, 0.717) is 17.6 Å². The van der Waals surface area contributed by atoms with E-state index in [1.165, 1.54) is 7.11 Å². The van der Waals surface area contributed by atoms with Gasteiger partial charge in [0.1, 0.15) is 6.54 Å². The molecule has 0 spiro atoms. The first-order chi connectivity index (χ1) is 12.6. The lowest BCUT2D eigenvalue weighted by molar-refractivity contribution is -0.148. The number of para-hydroxylation sites is 2. The van der Waals surface area contributed by atoms with Crippen LogP contribution in [-0.2, 0) is 14.4 Å². The second kappa shape index (κ2) is 5.43. The predicted molar refractivity (Wildman–Crippen MR) is 90.0 cm³/mol. The summed E-state index contributed by atoms with van der Waals surface area (Å²) in [7, 11) is 1.49. The fourth-order valence-corrected chi connectivity index (χ4v) is 5.16. The molecule has 1 aromatic carbocycles. The van der Waals surface area contributed by atoms with Crippen LogP contribution < -0.4 is 9.47 Å². The Morgan fingerprint density at radius 2 is 1.62 bits per heavy atom. The standard InChI is InChI=1S/C20H19NO5/c1-25-14-4-2-3-5-15(14)26-16(22)9-21-19(23)17-10-6-7-11(13-8-12(10)13)18(17)20(21)24/h2-7,10-13,17-18H,8-9H2,1H3/t10-,11-,12-,13-,17+,18+/m0/s1. The molecule has 0 unspecified atom stereocenters. The van der Waals surface area contributed by atoms with Crippen molar-refractivity contribution in [3.05, 3.63) is 36.4 Å². The molecule has 6 atom stereocenters. The second-order valence-electron chi connectivity index (χ2n) is 7.54. The zero-order valence-electron chi connectivity index (χ0n) is 14.3. The number of carbonyl (C=O) groups is 3. The van der Waals surface area contributed by atoms with Crippen LogP contribution in [0.5, 0.6) is 11.5 Å². The van der Waals surface area contributed by atoms with E-state index in [-0.39, 0.29) is 47.8 Å². The van der Waals surface area contributed by atoms with Gasteiger partial charge in [0.05, 0.1) is 18.9 Å². The van der Waals surface area contributed by atoms with Crippen LogP contribution >= 0.6 is 0 Å². The van der Waals surface area contributed by atoms with Gasteiger partial charge in [-0.15, -0.1) is 0 Å². The second-order valence-corrected chi connectivity index (χ2v) is 7.54. The zero-order chi connectivity index (χ0) is 18.0. The molecule has 3 fully saturated rings. The van der Waals surface area contributed by atoms with Crippen LogP contribution in [0.1, 0.15) is 6.42 Å². The molecule has 1 aromatic rings. The number of likely N-dealkylation sites (tertiary alicyclic amines) is 1. The molecule has 5 aliphatic rings. The number of carbonyl (C=O) groups excluding carboxylic acids is 3. The molecular formula is C20H19NO5. The summed E-state index contributed by atoms with van der Waals surface area (Å²) >= 11 is 0. The smallest absolute Gasteiger partial charge is 0.331 e. The van der Waals surface area contributed by atoms with Gasteiger partial charge < -0.3 is 9.47 Å². The Kier molecular flexibility index (Phi) is 3.26. The first kappa shape index (κ1) is 15.6. The minimum Gasteiger partial charge on any atom is -0.493 e. The highest BCUT2D eigenvalue weighted by Gasteiger charge is 2.67. The van der Waals surface area contributed by atoms with Crippen molar-refractivity contribution in [2.45, 2.75) is 6.42 Å². The maximum Gasteiger partial charge on any atom is 0.331 e. The van der Waals surface area contributed by atoms with Crippen molar-refractivity contribution in [2.24, 2.45) is 35.5 Å². The van der Waals surface area contributed by atoms with Gasteiger partial charge in [0.15, 0.2) is 11.5 Å². The third kappa shape index (κ3) is 2.08. The number of imide groups is 1. The molecule has 4 aliphatic carbocycles. The number of hydrogen-bond acceptors (Lipinski definition) is 5. The molecule has 6 rings (SSSR count). The van der Waals surface area contributed by atoms with Crippen molar-refractivity contribution in [3.8, 4) is 11.5 Å². The van der Waals surface area contributed by atoms with E-state index in [2.05, 4.69) is 12.2 Å². The van der Waals surface area contributed by atoms with E-state index < -0.39 is 5.97 Å². The van der Waals surface area contributed by atoms with E-state index >= 15 is 0 Å². The third-order valence-electron chi connectivity index (χ3n) is 6.33. The van der Waals surface area contributed by atoms with Crippen LogP contribution in [-0.4, -0.2) is 36.3 Å². The lowest BCUT2D eigenvalue weighted by Gasteiger charge is -2.37. The highest BCUT2D eigenvalue weighted by atomic mass is 16.6. The van der Waals surface area contributed by atoms with Crippen molar-refractivity contribution in [3.63, 3.8) is 0 Å². The molecule has 1 aliphatic heterocycles. The first-order valence-corrected chi connectivity index (χ1v) is 8.97. The van der Waals surface area contributed by atoms with Gasteiger partial charge in [-0.3, -0.25) is 14.5 Å². The Hall–Kier alpha value is -2.63. The van der Waals surface area contributed by atoms with Crippen molar-refractivity contribution >= 4 is 17.8 Å². The minimum atomic E-state index is -0.639. The topological polar surface area (TPSA) is 72.9 Å². The van der Waals surface area contributed by atoms with Crippen LogP contribution in [0.4, 0.5) is 0 Å². The number of nitrogens with zero attached hydrogens (tertiary/aromatic N) is 1. The average Bonchev–Trinajstić information content (AvgIpc) is 3.43. The molecular weight excluding hydrogens is 334 g/mol. The monoisotopic (exact) mass is 353 g/mol. The lowest BCUT2D eigenvalue weighted by Crippen LogP contribution is -2.40. The Balaban J connectivity index is 1.33. The number of hydrogen-bond donors (Lipinski definition) is 0. The molecule has 1 saturated heterocycles. The van der Waals surface area contributed by atoms with Crippen molar-refractivity contribution in [1.29, 1.82) is 0 Å². The van der Waals surface area contributed by atoms with E-state index in [0.717, 1.165) is 11.3 Å². The van der Waals surface area contributed by atoms with Gasteiger partial charge in [0.2, 0.25) is 11.8 Å². The highest BCUT2D eigenvalue weighted by Crippen LogP contribution is 2.65. The summed E-state index contributed by atoms with van der Waals surface area (Å²) < 4.78 is 10.5. The maximum atomic E-state index is 12.9. The van der Waals surface area contributed by atoms with Crippen LogP contribution in [0.3, 0.4) is 0 Å². The van der Waals surface area contributed by atoms with E-state index in [9.17, 15) is 14.4 Å². The summed E-state index contributed by atoms with van der Waals surface area (Å²) in [4.78, 5) is 39.2. The number of methoxy groups -OCH3 is 1. The number of rotatable bonds is 4. The molecule has 26 heavy (non-hydrogen) atoms. The predicted octanol–water partition coefficient (Wildman–Crippen LogP) is 1.65. The summed E-state index contributed by atoms with van der Waals surface area (Å²) in [5.74, 6) is 0.440.